The number of nitrogens with one attached hydrogen (secondary N) is 1. The molecule has 0 fully saturated rings. The maximum absolute atomic E-state index is 13.6. The highest BCUT2D eigenvalue weighted by Crippen LogP contribution is 2.52. The molecule has 0 unspecified atom stereocenters. The van der Waals surface area contributed by atoms with Gasteiger partial charge in [0, 0.05) is 51.3 Å². The van der Waals surface area contributed by atoms with E-state index in [4.69, 9.17) is 4.74 Å². The van der Waals surface area contributed by atoms with Crippen molar-refractivity contribution in [2.24, 2.45) is 10.8 Å². The lowest BCUT2D eigenvalue weighted by Crippen LogP contribution is -2.42. The van der Waals surface area contributed by atoms with E-state index in [-0.39, 0.29) is 22.4 Å². The molecule has 1 heterocycles. The molecular weight excluding hydrogens is 502 g/mol. The number of hydrogen-bond donors (Lipinski definition) is 1. The fraction of sp³-hybridized carbons (Fsp3) is 0.400. The highest BCUT2D eigenvalue weighted by Gasteiger charge is 2.47. The standard InChI is InChI=1S/C30H32BrNO3/c1-29(2)13-21-27(23(33)15-29)26(28-22(32-21)14-30(3,4)16-24(28)34)20-12-19(31)10-11-25(20)35-17-18-8-6-5-7-9-18/h5-12,26,32H,13-17H2,1-4H3. The summed E-state index contributed by atoms with van der Waals surface area (Å²) in [6, 6.07) is 15.9. The van der Waals surface area contributed by atoms with Crippen molar-refractivity contribution in [1.82, 2.24) is 5.32 Å². The van der Waals surface area contributed by atoms with Gasteiger partial charge in [-0.15, -0.1) is 0 Å². The molecule has 0 amide bonds. The molecule has 5 rings (SSSR count). The van der Waals surface area contributed by atoms with Gasteiger partial charge in [0.1, 0.15) is 12.4 Å². The van der Waals surface area contributed by atoms with E-state index >= 15 is 0 Å². The quantitative estimate of drug-likeness (QED) is 0.459. The van der Waals surface area contributed by atoms with Gasteiger partial charge in [-0.2, -0.15) is 0 Å². The van der Waals surface area contributed by atoms with Gasteiger partial charge in [0.05, 0.1) is 0 Å². The summed E-state index contributed by atoms with van der Waals surface area (Å²) in [6.07, 6.45) is 2.51. The van der Waals surface area contributed by atoms with Gasteiger partial charge in [-0.05, 0) is 47.4 Å². The monoisotopic (exact) mass is 533 g/mol. The van der Waals surface area contributed by atoms with Crippen LogP contribution in [0, 0.1) is 10.8 Å². The summed E-state index contributed by atoms with van der Waals surface area (Å²) >= 11 is 3.63. The van der Waals surface area contributed by atoms with Gasteiger partial charge in [-0.3, -0.25) is 9.59 Å². The molecule has 3 aliphatic rings. The van der Waals surface area contributed by atoms with Crippen molar-refractivity contribution < 1.29 is 14.3 Å². The second kappa shape index (κ2) is 8.77. The number of allylic oxidation sites excluding steroid dienone is 4. The summed E-state index contributed by atoms with van der Waals surface area (Å²) in [4.78, 5) is 27.3. The second-order valence-electron chi connectivity index (χ2n) is 11.7. The van der Waals surface area contributed by atoms with Crippen LogP contribution in [0.1, 0.15) is 70.4 Å². The van der Waals surface area contributed by atoms with Gasteiger partial charge in [0.2, 0.25) is 0 Å². The van der Waals surface area contributed by atoms with Crippen LogP contribution in [-0.2, 0) is 16.2 Å². The summed E-state index contributed by atoms with van der Waals surface area (Å²) < 4.78 is 7.23. The van der Waals surface area contributed by atoms with E-state index in [1.165, 1.54) is 0 Å². The van der Waals surface area contributed by atoms with Crippen molar-refractivity contribution in [3.63, 3.8) is 0 Å². The average molecular weight is 534 g/mol. The lowest BCUT2D eigenvalue weighted by atomic mass is 9.64. The zero-order chi connectivity index (χ0) is 25.0. The van der Waals surface area contributed by atoms with Crippen molar-refractivity contribution in [2.75, 3.05) is 0 Å². The van der Waals surface area contributed by atoms with E-state index < -0.39 is 5.92 Å². The van der Waals surface area contributed by atoms with Crippen molar-refractivity contribution >= 4 is 27.5 Å². The van der Waals surface area contributed by atoms with Crippen molar-refractivity contribution in [2.45, 2.75) is 65.9 Å². The number of hydrogen-bond acceptors (Lipinski definition) is 4. The van der Waals surface area contributed by atoms with Gasteiger partial charge in [0.25, 0.3) is 0 Å². The van der Waals surface area contributed by atoms with Crippen molar-refractivity contribution in [3.8, 4) is 5.75 Å². The molecule has 2 aliphatic carbocycles. The van der Waals surface area contributed by atoms with E-state index in [1.54, 1.807) is 0 Å². The normalized spacial score (nSPS) is 21.4. The molecule has 0 atom stereocenters. The predicted molar refractivity (Wildman–Crippen MR) is 141 cm³/mol. The van der Waals surface area contributed by atoms with Crippen LogP contribution in [0.2, 0.25) is 0 Å². The van der Waals surface area contributed by atoms with Crippen LogP contribution >= 0.6 is 15.9 Å². The summed E-state index contributed by atoms with van der Waals surface area (Å²) in [5.41, 5.74) is 5.10. The Morgan fingerprint density at radius 2 is 1.43 bits per heavy atom. The first-order chi connectivity index (χ1) is 16.5. The fourth-order valence-corrected chi connectivity index (χ4v) is 6.19. The Balaban J connectivity index is 1.65. The Morgan fingerprint density at radius 1 is 0.857 bits per heavy atom. The molecule has 2 aromatic rings. The molecule has 0 radical (unpaired) electrons. The second-order valence-corrected chi connectivity index (χ2v) is 12.6. The van der Waals surface area contributed by atoms with Crippen LogP contribution < -0.4 is 10.1 Å². The maximum atomic E-state index is 13.6. The Kier molecular flexibility index (Phi) is 6.03. The van der Waals surface area contributed by atoms with Gasteiger partial charge < -0.3 is 10.1 Å². The molecule has 35 heavy (non-hydrogen) atoms. The first-order valence-electron chi connectivity index (χ1n) is 12.3. The van der Waals surface area contributed by atoms with Crippen molar-refractivity contribution in [3.05, 3.63) is 86.7 Å². The zero-order valence-electron chi connectivity index (χ0n) is 20.8. The van der Waals surface area contributed by atoms with Gasteiger partial charge in [0.15, 0.2) is 11.6 Å². The van der Waals surface area contributed by atoms with Crippen LogP contribution in [0.5, 0.6) is 5.75 Å². The molecule has 2 aromatic carbocycles. The molecule has 182 valence electrons. The first-order valence-corrected chi connectivity index (χ1v) is 13.1. The van der Waals surface area contributed by atoms with Crippen LogP contribution in [-0.4, -0.2) is 11.6 Å². The Bertz CT molecular complexity index is 1220. The minimum Gasteiger partial charge on any atom is -0.489 e. The first kappa shape index (κ1) is 24.1. The Hall–Kier alpha value is -2.66. The molecule has 0 saturated carbocycles. The number of rotatable bonds is 4. The minimum atomic E-state index is -0.420. The maximum Gasteiger partial charge on any atom is 0.162 e. The number of carbonyl (C=O) groups excluding carboxylic acids is 2. The molecular formula is C30H32BrNO3. The summed E-state index contributed by atoms with van der Waals surface area (Å²) in [5, 5.41) is 3.59. The van der Waals surface area contributed by atoms with Crippen LogP contribution in [0.25, 0.3) is 0 Å². The van der Waals surface area contributed by atoms with E-state index in [0.29, 0.717) is 25.2 Å². The van der Waals surface area contributed by atoms with Crippen molar-refractivity contribution in [1.29, 1.82) is 0 Å². The molecule has 5 heteroatoms. The van der Waals surface area contributed by atoms with E-state index in [1.807, 2.05) is 48.5 Å². The lowest BCUT2D eigenvalue weighted by molar-refractivity contribution is -0.119. The van der Waals surface area contributed by atoms with E-state index in [2.05, 4.69) is 48.9 Å². The molecule has 0 bridgehead atoms. The number of halogens is 1. The topological polar surface area (TPSA) is 55.4 Å². The van der Waals surface area contributed by atoms with E-state index in [0.717, 1.165) is 51.0 Å². The van der Waals surface area contributed by atoms with Crippen LogP contribution in [0.3, 0.4) is 0 Å². The molecule has 1 aliphatic heterocycles. The molecule has 1 N–H and O–H groups in total. The smallest absolute Gasteiger partial charge is 0.162 e. The molecule has 0 aromatic heterocycles. The number of ether oxygens (including phenoxy) is 1. The van der Waals surface area contributed by atoms with E-state index in [9.17, 15) is 9.59 Å². The predicted octanol–water partition coefficient (Wildman–Crippen LogP) is 7.00. The number of carbonyl (C=O) groups is 2. The fourth-order valence-electron chi connectivity index (χ4n) is 5.81. The third kappa shape index (κ3) is 4.75. The number of ketones is 2. The number of benzene rings is 2. The van der Waals surface area contributed by atoms with Crippen LogP contribution in [0.15, 0.2) is 75.5 Å². The zero-order valence-corrected chi connectivity index (χ0v) is 22.4. The minimum absolute atomic E-state index is 0.118. The summed E-state index contributed by atoms with van der Waals surface area (Å²) in [6.45, 7) is 8.97. The van der Waals surface area contributed by atoms with Gasteiger partial charge >= 0.3 is 0 Å². The SMILES string of the molecule is CC1(C)CC(=O)C2=C(C1)NC1=C(C(=O)CC(C)(C)C1)C2c1cc(Br)ccc1OCc1ccccc1. The van der Waals surface area contributed by atoms with Gasteiger partial charge in [-0.1, -0.05) is 74.0 Å². The number of dihydropyridines is 1. The number of Topliss-reactive ketones (excluding diaryl/α,β-unsaturated/α-hetero) is 2. The third-order valence-corrected chi connectivity index (χ3v) is 7.73. The highest BCUT2D eigenvalue weighted by molar-refractivity contribution is 9.10. The summed E-state index contributed by atoms with van der Waals surface area (Å²) in [5.74, 6) is 0.522. The third-order valence-electron chi connectivity index (χ3n) is 7.24. The molecule has 0 saturated heterocycles. The lowest BCUT2D eigenvalue weighted by Gasteiger charge is -2.44. The Morgan fingerprint density at radius 3 is 2.00 bits per heavy atom. The molecule has 4 nitrogen and oxygen atoms in total. The largest absolute Gasteiger partial charge is 0.489 e. The van der Waals surface area contributed by atoms with Crippen LogP contribution in [0.4, 0.5) is 0 Å². The van der Waals surface area contributed by atoms with Gasteiger partial charge in [-0.25, -0.2) is 0 Å². The molecule has 0 spiro atoms. The average Bonchev–Trinajstić information content (AvgIpc) is 2.76. The Labute approximate surface area is 216 Å². The highest BCUT2D eigenvalue weighted by atomic mass is 79.9. The summed E-state index contributed by atoms with van der Waals surface area (Å²) in [7, 11) is 0.